The summed E-state index contributed by atoms with van der Waals surface area (Å²) < 4.78 is 5.59. The average molecular weight is 371 g/mol. The Labute approximate surface area is 160 Å². The van der Waals surface area contributed by atoms with Gasteiger partial charge in [0.1, 0.15) is 11.6 Å². The summed E-state index contributed by atoms with van der Waals surface area (Å²) in [5, 5.41) is 4.09. The van der Waals surface area contributed by atoms with Crippen molar-refractivity contribution in [2.24, 2.45) is 0 Å². The van der Waals surface area contributed by atoms with Gasteiger partial charge in [0.05, 0.1) is 11.6 Å². The standard InChI is InChI=1S/C20H30N6O/c1-13(2)20-21-9-15(10-22-20)12-26-7-5-4-6-17(26)19-16(11-23-24-19)18-8-14(3)25-27-18/h8-10,13,16-17,19,23-24H,4-7,11-12H2,1-3H3. The van der Waals surface area contributed by atoms with Gasteiger partial charge in [-0.15, -0.1) is 0 Å². The molecule has 2 aliphatic heterocycles. The molecule has 2 aromatic rings. The van der Waals surface area contributed by atoms with Crippen LogP contribution < -0.4 is 10.9 Å². The van der Waals surface area contributed by atoms with Crippen molar-refractivity contribution in [2.75, 3.05) is 13.1 Å². The van der Waals surface area contributed by atoms with E-state index in [1.807, 2.05) is 19.3 Å². The van der Waals surface area contributed by atoms with Gasteiger partial charge in [-0.2, -0.15) is 0 Å². The Kier molecular flexibility index (Phi) is 5.52. The van der Waals surface area contributed by atoms with Crippen LogP contribution >= 0.6 is 0 Å². The summed E-state index contributed by atoms with van der Waals surface area (Å²) >= 11 is 0. The van der Waals surface area contributed by atoms with Gasteiger partial charge in [-0.3, -0.25) is 15.8 Å². The predicted octanol–water partition coefficient (Wildman–Crippen LogP) is 2.51. The summed E-state index contributed by atoms with van der Waals surface area (Å²) in [6.45, 7) is 9.10. The molecule has 2 aromatic heterocycles. The topological polar surface area (TPSA) is 79.1 Å². The van der Waals surface area contributed by atoms with Crippen molar-refractivity contribution in [3.8, 4) is 0 Å². The van der Waals surface area contributed by atoms with Crippen LogP contribution in [0.3, 0.4) is 0 Å². The molecular formula is C20H30N6O. The van der Waals surface area contributed by atoms with Gasteiger partial charge in [-0.25, -0.2) is 9.97 Å². The maximum absolute atomic E-state index is 5.59. The third-order valence-corrected chi connectivity index (χ3v) is 5.74. The van der Waals surface area contributed by atoms with Crippen LogP contribution in [-0.2, 0) is 6.54 Å². The molecule has 0 amide bonds. The lowest BCUT2D eigenvalue weighted by atomic mass is 9.86. The number of hydrogen-bond donors (Lipinski definition) is 2. The number of aromatic nitrogens is 3. The lowest BCUT2D eigenvalue weighted by molar-refractivity contribution is 0.103. The van der Waals surface area contributed by atoms with E-state index in [0.29, 0.717) is 23.9 Å². The molecule has 3 atom stereocenters. The molecule has 0 bridgehead atoms. The highest BCUT2D eigenvalue weighted by Gasteiger charge is 2.40. The van der Waals surface area contributed by atoms with Crippen LogP contribution in [0.4, 0.5) is 0 Å². The Hall–Kier alpha value is -1.83. The van der Waals surface area contributed by atoms with Crippen molar-refractivity contribution in [3.05, 3.63) is 41.3 Å². The first-order chi connectivity index (χ1) is 13.1. The van der Waals surface area contributed by atoms with E-state index in [1.54, 1.807) is 0 Å². The van der Waals surface area contributed by atoms with Gasteiger partial charge in [0.25, 0.3) is 0 Å². The van der Waals surface area contributed by atoms with Crippen molar-refractivity contribution in [1.82, 2.24) is 30.9 Å². The largest absolute Gasteiger partial charge is 0.361 e. The molecule has 0 radical (unpaired) electrons. The normalized spacial score (nSPS) is 26.7. The van der Waals surface area contributed by atoms with E-state index in [1.165, 1.54) is 24.8 Å². The molecule has 2 aliphatic rings. The Morgan fingerprint density at radius 1 is 1.26 bits per heavy atom. The molecule has 27 heavy (non-hydrogen) atoms. The number of hydrazine groups is 1. The van der Waals surface area contributed by atoms with E-state index < -0.39 is 0 Å². The highest BCUT2D eigenvalue weighted by molar-refractivity contribution is 5.16. The first-order valence-electron chi connectivity index (χ1n) is 10.1. The first kappa shape index (κ1) is 18.5. The van der Waals surface area contributed by atoms with Gasteiger partial charge in [0.2, 0.25) is 0 Å². The SMILES string of the molecule is Cc1cc(C2CNNC2C2CCCCN2Cc2cnc(C(C)C)nc2)on1. The van der Waals surface area contributed by atoms with Crippen molar-refractivity contribution < 1.29 is 4.52 Å². The van der Waals surface area contributed by atoms with Crippen LogP contribution in [0, 0.1) is 6.92 Å². The molecule has 2 N–H and O–H groups in total. The van der Waals surface area contributed by atoms with Crippen molar-refractivity contribution in [3.63, 3.8) is 0 Å². The van der Waals surface area contributed by atoms with Gasteiger partial charge < -0.3 is 4.52 Å². The Morgan fingerprint density at radius 2 is 2.07 bits per heavy atom. The molecular weight excluding hydrogens is 340 g/mol. The van der Waals surface area contributed by atoms with Crippen molar-refractivity contribution >= 4 is 0 Å². The zero-order chi connectivity index (χ0) is 18.8. The second-order valence-corrected chi connectivity index (χ2v) is 8.17. The van der Waals surface area contributed by atoms with E-state index in [-0.39, 0.29) is 0 Å². The van der Waals surface area contributed by atoms with Crippen LogP contribution in [0.15, 0.2) is 23.0 Å². The Morgan fingerprint density at radius 3 is 2.78 bits per heavy atom. The number of likely N-dealkylation sites (tertiary alicyclic amines) is 1. The number of nitrogens with zero attached hydrogens (tertiary/aromatic N) is 4. The summed E-state index contributed by atoms with van der Waals surface area (Å²) in [6.07, 6.45) is 7.68. The second-order valence-electron chi connectivity index (χ2n) is 8.17. The summed E-state index contributed by atoms with van der Waals surface area (Å²) in [7, 11) is 0. The fourth-order valence-corrected chi connectivity index (χ4v) is 4.31. The number of rotatable bonds is 5. The fourth-order valence-electron chi connectivity index (χ4n) is 4.31. The molecule has 0 aliphatic carbocycles. The van der Waals surface area contributed by atoms with Crippen molar-refractivity contribution in [2.45, 2.75) is 70.5 Å². The summed E-state index contributed by atoms with van der Waals surface area (Å²) in [4.78, 5) is 11.7. The monoisotopic (exact) mass is 370 g/mol. The van der Waals surface area contributed by atoms with Crippen LogP contribution in [0.1, 0.15) is 67.8 Å². The molecule has 0 spiro atoms. The zero-order valence-electron chi connectivity index (χ0n) is 16.5. The minimum absolute atomic E-state index is 0.302. The molecule has 4 rings (SSSR count). The Bertz CT molecular complexity index is 743. The third kappa shape index (κ3) is 4.05. The number of aryl methyl sites for hydroxylation is 1. The quantitative estimate of drug-likeness (QED) is 0.837. The maximum atomic E-state index is 5.59. The zero-order valence-corrected chi connectivity index (χ0v) is 16.5. The number of hydrogen-bond acceptors (Lipinski definition) is 7. The summed E-state index contributed by atoms with van der Waals surface area (Å²) in [5.74, 6) is 2.56. The molecule has 3 unspecified atom stereocenters. The second kappa shape index (κ2) is 8.04. The maximum Gasteiger partial charge on any atom is 0.143 e. The van der Waals surface area contributed by atoms with Crippen LogP contribution in [0.25, 0.3) is 0 Å². The van der Waals surface area contributed by atoms with E-state index in [4.69, 9.17) is 4.52 Å². The Balaban J connectivity index is 1.50. The molecule has 4 heterocycles. The van der Waals surface area contributed by atoms with Crippen LogP contribution in [0.2, 0.25) is 0 Å². The van der Waals surface area contributed by atoms with E-state index in [0.717, 1.165) is 36.9 Å². The lowest BCUT2D eigenvalue weighted by Crippen LogP contribution is -2.52. The predicted molar refractivity (Wildman–Crippen MR) is 103 cm³/mol. The summed E-state index contributed by atoms with van der Waals surface area (Å²) in [5.41, 5.74) is 8.98. The minimum Gasteiger partial charge on any atom is -0.361 e. The van der Waals surface area contributed by atoms with Gasteiger partial charge in [-0.1, -0.05) is 25.4 Å². The first-order valence-corrected chi connectivity index (χ1v) is 10.1. The van der Waals surface area contributed by atoms with Crippen LogP contribution in [0.5, 0.6) is 0 Å². The molecule has 2 saturated heterocycles. The minimum atomic E-state index is 0.302. The van der Waals surface area contributed by atoms with E-state index in [2.05, 4.69) is 50.8 Å². The molecule has 2 fully saturated rings. The highest BCUT2D eigenvalue weighted by Crippen LogP contribution is 2.31. The van der Waals surface area contributed by atoms with Gasteiger partial charge in [-0.05, 0) is 26.3 Å². The molecule has 0 saturated carbocycles. The molecule has 7 nitrogen and oxygen atoms in total. The van der Waals surface area contributed by atoms with Crippen LogP contribution in [-0.4, -0.2) is 45.2 Å². The van der Waals surface area contributed by atoms with Gasteiger partial charge in [0.15, 0.2) is 0 Å². The number of nitrogens with one attached hydrogen (secondary N) is 2. The molecule has 146 valence electrons. The molecule has 7 heteroatoms. The van der Waals surface area contributed by atoms with E-state index in [9.17, 15) is 0 Å². The molecule has 0 aromatic carbocycles. The fraction of sp³-hybridized carbons (Fsp3) is 0.650. The lowest BCUT2D eigenvalue weighted by Gasteiger charge is -2.40. The van der Waals surface area contributed by atoms with Gasteiger partial charge >= 0.3 is 0 Å². The smallest absolute Gasteiger partial charge is 0.143 e. The number of piperidine rings is 1. The highest BCUT2D eigenvalue weighted by atomic mass is 16.5. The van der Waals surface area contributed by atoms with Gasteiger partial charge in [0, 0.05) is 55.1 Å². The third-order valence-electron chi connectivity index (χ3n) is 5.74. The van der Waals surface area contributed by atoms with Crippen molar-refractivity contribution in [1.29, 1.82) is 0 Å². The summed E-state index contributed by atoms with van der Waals surface area (Å²) in [6, 6.07) is 2.83. The van der Waals surface area contributed by atoms with E-state index >= 15 is 0 Å². The average Bonchev–Trinajstić information content (AvgIpc) is 3.31.